The van der Waals surface area contributed by atoms with Gasteiger partial charge >= 0.3 is 0 Å². The van der Waals surface area contributed by atoms with Crippen LogP contribution in [-0.4, -0.2) is 9.13 Å². The van der Waals surface area contributed by atoms with E-state index in [-0.39, 0.29) is 11.1 Å². The average molecular weight is 755 g/mol. The molecule has 7 heteroatoms. The average Bonchev–Trinajstić information content (AvgIpc) is 3.80. The Morgan fingerprint density at radius 3 is 1.27 bits per heavy atom. The lowest BCUT2D eigenvalue weighted by Crippen LogP contribution is -2.06. The summed E-state index contributed by atoms with van der Waals surface area (Å²) in [5.41, 5.74) is 10.8. The zero-order chi connectivity index (χ0) is 40.2. The molecule has 8 aromatic carbocycles. The molecule has 0 radical (unpaired) electrons. The maximum absolute atomic E-state index is 16.7. The predicted molar refractivity (Wildman–Crippen MR) is 230 cm³/mol. The molecule has 0 atom stereocenters. The summed E-state index contributed by atoms with van der Waals surface area (Å²) in [5.74, 6) is -0.572. The Morgan fingerprint density at radius 2 is 0.797 bits per heavy atom. The quantitative estimate of drug-likeness (QED) is 0.174. The first-order valence-corrected chi connectivity index (χ1v) is 18.8. The Labute approximate surface area is 337 Å². The maximum atomic E-state index is 16.7. The second-order valence-electron chi connectivity index (χ2n) is 14.4. The van der Waals surface area contributed by atoms with E-state index in [2.05, 4.69) is 57.7 Å². The number of halogens is 1. The molecular weight excluding hydrogens is 728 g/mol. The summed E-state index contributed by atoms with van der Waals surface area (Å²) >= 11 is 0. The molecule has 0 aliphatic heterocycles. The van der Waals surface area contributed by atoms with Crippen molar-refractivity contribution in [3.05, 3.63) is 192 Å². The number of nitrogens with zero attached hydrogens (tertiary/aromatic N) is 6. The largest absolute Gasteiger partial charge is 0.308 e. The predicted octanol–water partition coefficient (Wildman–Crippen LogP) is 12.5. The van der Waals surface area contributed by atoms with Gasteiger partial charge in [0, 0.05) is 32.7 Å². The van der Waals surface area contributed by atoms with E-state index in [0.29, 0.717) is 33.6 Å². The molecular formula is C52H27FN6. The highest BCUT2D eigenvalue weighted by Gasteiger charge is 2.25. The molecule has 0 saturated heterocycles. The molecule has 272 valence electrons. The van der Waals surface area contributed by atoms with Gasteiger partial charge in [0.1, 0.15) is 5.82 Å². The van der Waals surface area contributed by atoms with Gasteiger partial charge in [0.25, 0.3) is 0 Å². The molecule has 59 heavy (non-hydrogen) atoms. The Kier molecular flexibility index (Phi) is 8.10. The van der Waals surface area contributed by atoms with E-state index in [1.54, 1.807) is 36.4 Å². The minimum Gasteiger partial charge on any atom is -0.308 e. The van der Waals surface area contributed by atoms with Crippen molar-refractivity contribution in [2.45, 2.75) is 0 Å². The van der Waals surface area contributed by atoms with Crippen molar-refractivity contribution in [3.8, 4) is 69.0 Å². The van der Waals surface area contributed by atoms with Gasteiger partial charge in [-0.2, -0.15) is 21.0 Å². The molecule has 0 amide bonds. The third-order valence-corrected chi connectivity index (χ3v) is 11.1. The number of hydrogen-bond donors (Lipinski definition) is 0. The monoisotopic (exact) mass is 754 g/mol. The van der Waals surface area contributed by atoms with Gasteiger partial charge in [-0.3, -0.25) is 0 Å². The fraction of sp³-hybridized carbons (Fsp3) is 0. The topological polar surface area (TPSA) is 105 Å². The third kappa shape index (κ3) is 5.59. The van der Waals surface area contributed by atoms with Gasteiger partial charge in [-0.25, -0.2) is 4.39 Å². The number of para-hydroxylation sites is 2. The molecule has 0 saturated carbocycles. The van der Waals surface area contributed by atoms with E-state index in [4.69, 9.17) is 0 Å². The van der Waals surface area contributed by atoms with Crippen LogP contribution in [-0.2, 0) is 0 Å². The molecule has 2 aromatic heterocycles. The van der Waals surface area contributed by atoms with Crippen LogP contribution >= 0.6 is 0 Å². The van der Waals surface area contributed by atoms with Crippen LogP contribution in [0.2, 0.25) is 0 Å². The standard InChI is InChI=1S/C52H27FN6/c53-45-23-34(30-56)15-18-42(45)52-50(58-46-13-3-1-11-40(46)43-26-38(16-19-48(43)58)36-9-5-7-32(21-36)28-54)24-35(31-57)25-51(52)59-47-14-4-2-12-41(47)44-27-39(17-20-49(44)59)37-10-6-8-33(22-37)29-55/h1-27H. The third-order valence-electron chi connectivity index (χ3n) is 11.1. The minimum atomic E-state index is -0.572. The summed E-state index contributed by atoms with van der Waals surface area (Å²) < 4.78 is 20.9. The van der Waals surface area contributed by atoms with E-state index in [1.165, 1.54) is 6.07 Å². The number of hydrogen-bond acceptors (Lipinski definition) is 4. The van der Waals surface area contributed by atoms with Crippen molar-refractivity contribution in [1.82, 2.24) is 9.13 Å². The van der Waals surface area contributed by atoms with Gasteiger partial charge in [0.2, 0.25) is 0 Å². The van der Waals surface area contributed by atoms with Crippen LogP contribution in [0.3, 0.4) is 0 Å². The zero-order valence-electron chi connectivity index (χ0n) is 31.1. The van der Waals surface area contributed by atoms with E-state index < -0.39 is 5.82 Å². The van der Waals surface area contributed by atoms with E-state index in [9.17, 15) is 21.0 Å². The van der Waals surface area contributed by atoms with Crippen molar-refractivity contribution < 1.29 is 4.39 Å². The van der Waals surface area contributed by atoms with Crippen molar-refractivity contribution in [2.24, 2.45) is 0 Å². The Balaban J connectivity index is 1.32. The van der Waals surface area contributed by atoms with Gasteiger partial charge < -0.3 is 9.13 Å². The van der Waals surface area contributed by atoms with Gasteiger partial charge in [0.15, 0.2) is 0 Å². The molecule has 0 spiro atoms. The zero-order valence-corrected chi connectivity index (χ0v) is 31.1. The van der Waals surface area contributed by atoms with Gasteiger partial charge in [0.05, 0.1) is 80.0 Å². The normalized spacial score (nSPS) is 11.1. The van der Waals surface area contributed by atoms with Crippen LogP contribution in [0.5, 0.6) is 0 Å². The summed E-state index contributed by atoms with van der Waals surface area (Å²) in [6, 6.07) is 60.4. The van der Waals surface area contributed by atoms with Gasteiger partial charge in [-0.05, 0) is 113 Å². The number of rotatable bonds is 5. The number of aromatic nitrogens is 2. The van der Waals surface area contributed by atoms with Crippen LogP contribution in [0.1, 0.15) is 22.3 Å². The Hall–Kier alpha value is -8.75. The molecule has 10 rings (SSSR count). The van der Waals surface area contributed by atoms with Crippen molar-refractivity contribution >= 4 is 43.6 Å². The first-order chi connectivity index (χ1) is 29.0. The summed E-state index contributed by atoms with van der Waals surface area (Å²) in [4.78, 5) is 0. The Morgan fingerprint density at radius 1 is 0.356 bits per heavy atom. The fourth-order valence-corrected chi connectivity index (χ4v) is 8.45. The summed E-state index contributed by atoms with van der Waals surface area (Å²) in [6.45, 7) is 0. The van der Waals surface area contributed by atoms with E-state index in [0.717, 1.165) is 65.9 Å². The minimum absolute atomic E-state index is 0.192. The first-order valence-electron chi connectivity index (χ1n) is 18.8. The SMILES string of the molecule is N#Cc1cccc(-c2ccc3c(c2)c2ccccc2n3-c2cc(C#N)cc(-n3c4ccccc4c4cc(-c5cccc(C#N)c5)ccc43)c2-c2ccc(C#N)cc2F)c1. The second kappa shape index (κ2) is 13.8. The second-order valence-corrected chi connectivity index (χ2v) is 14.4. The lowest BCUT2D eigenvalue weighted by atomic mass is 9.96. The molecule has 0 aliphatic rings. The molecule has 0 fully saturated rings. The molecule has 10 aromatic rings. The maximum Gasteiger partial charge on any atom is 0.132 e. The van der Waals surface area contributed by atoms with Crippen LogP contribution < -0.4 is 0 Å². The lowest BCUT2D eigenvalue weighted by molar-refractivity contribution is 0.630. The van der Waals surface area contributed by atoms with Gasteiger partial charge in [-0.1, -0.05) is 72.8 Å². The summed E-state index contributed by atoms with van der Waals surface area (Å²) in [7, 11) is 0. The number of fused-ring (bicyclic) bond motifs is 6. The van der Waals surface area contributed by atoms with Crippen molar-refractivity contribution in [1.29, 1.82) is 21.0 Å². The van der Waals surface area contributed by atoms with Crippen LogP contribution in [0.25, 0.3) is 88.4 Å². The number of benzene rings is 8. The van der Waals surface area contributed by atoms with Crippen molar-refractivity contribution in [3.63, 3.8) is 0 Å². The van der Waals surface area contributed by atoms with Crippen LogP contribution in [0, 0.1) is 51.1 Å². The highest BCUT2D eigenvalue weighted by atomic mass is 19.1. The fourth-order valence-electron chi connectivity index (χ4n) is 8.45. The molecule has 0 bridgehead atoms. The molecule has 0 unspecified atom stereocenters. The first kappa shape index (κ1) is 34.7. The van der Waals surface area contributed by atoms with E-state index in [1.807, 2.05) is 97.1 Å². The molecule has 6 nitrogen and oxygen atoms in total. The molecule has 0 aliphatic carbocycles. The van der Waals surface area contributed by atoms with E-state index >= 15 is 4.39 Å². The summed E-state index contributed by atoms with van der Waals surface area (Å²) in [5, 5.41) is 43.5. The lowest BCUT2D eigenvalue weighted by Gasteiger charge is -2.21. The molecule has 2 heterocycles. The smallest absolute Gasteiger partial charge is 0.132 e. The highest BCUT2D eigenvalue weighted by Crippen LogP contribution is 2.44. The van der Waals surface area contributed by atoms with Gasteiger partial charge in [-0.15, -0.1) is 0 Å². The number of nitriles is 4. The molecule has 0 N–H and O–H groups in total. The highest BCUT2D eigenvalue weighted by molar-refractivity contribution is 6.13. The summed E-state index contributed by atoms with van der Waals surface area (Å²) in [6.07, 6.45) is 0. The van der Waals surface area contributed by atoms with Crippen molar-refractivity contribution in [2.75, 3.05) is 0 Å². The van der Waals surface area contributed by atoms with Crippen LogP contribution in [0.4, 0.5) is 4.39 Å². The van der Waals surface area contributed by atoms with Crippen LogP contribution in [0.15, 0.2) is 164 Å². The Bertz CT molecular complexity index is 3380.